The first-order valence-corrected chi connectivity index (χ1v) is 8.22. The molecule has 1 saturated carbocycles. The fourth-order valence-electron chi connectivity index (χ4n) is 4.15. The molecule has 2 aliphatic rings. The number of hydrogen-bond acceptors (Lipinski definition) is 4. The van der Waals surface area contributed by atoms with Gasteiger partial charge in [0.15, 0.2) is 5.58 Å². The topological polar surface area (TPSA) is 76.3 Å². The lowest BCUT2D eigenvalue weighted by Gasteiger charge is -2.37. The highest BCUT2D eigenvalue weighted by atomic mass is 16.4. The Morgan fingerprint density at radius 2 is 2.30 bits per heavy atom. The first kappa shape index (κ1) is 14.5. The summed E-state index contributed by atoms with van der Waals surface area (Å²) in [4.78, 5) is 24.5. The minimum absolute atomic E-state index is 0.0973. The van der Waals surface area contributed by atoms with E-state index in [0.717, 1.165) is 32.4 Å². The molecule has 1 amide bonds. The standard InChI is InChI=1S/C17H21N3O3/c1-20-13-8-12(5-6-14(13)23-16(20)22)19-15(21)17-7-3-2-4-11(17)9-18-10-17/h5-6,8,11,18H,2-4,7,9-10H2,1H3,(H,19,21)/t11-,17+/m0/s1. The molecule has 2 fully saturated rings. The van der Waals surface area contributed by atoms with Crippen molar-refractivity contribution in [2.75, 3.05) is 18.4 Å². The summed E-state index contributed by atoms with van der Waals surface area (Å²) in [6.45, 7) is 1.69. The Morgan fingerprint density at radius 1 is 1.43 bits per heavy atom. The molecule has 122 valence electrons. The Bertz CT molecular complexity index is 822. The van der Waals surface area contributed by atoms with Crippen molar-refractivity contribution >= 4 is 22.7 Å². The summed E-state index contributed by atoms with van der Waals surface area (Å²) >= 11 is 0. The van der Waals surface area contributed by atoms with Gasteiger partial charge in [-0.2, -0.15) is 0 Å². The molecule has 6 nitrogen and oxygen atoms in total. The monoisotopic (exact) mass is 315 g/mol. The molecule has 2 aromatic rings. The number of amides is 1. The first-order valence-electron chi connectivity index (χ1n) is 8.22. The van der Waals surface area contributed by atoms with Crippen LogP contribution in [0.15, 0.2) is 27.4 Å². The fourth-order valence-corrected chi connectivity index (χ4v) is 4.15. The molecule has 2 heterocycles. The second kappa shape index (κ2) is 5.23. The van der Waals surface area contributed by atoms with E-state index in [1.165, 1.54) is 11.0 Å². The molecule has 6 heteroatoms. The average Bonchev–Trinajstić information content (AvgIpc) is 3.11. The number of carbonyl (C=O) groups excluding carboxylic acids is 1. The van der Waals surface area contributed by atoms with E-state index >= 15 is 0 Å². The summed E-state index contributed by atoms with van der Waals surface area (Å²) in [7, 11) is 1.66. The Morgan fingerprint density at radius 3 is 3.17 bits per heavy atom. The minimum atomic E-state index is -0.394. The van der Waals surface area contributed by atoms with Gasteiger partial charge in [-0.05, 0) is 43.5 Å². The van der Waals surface area contributed by atoms with Gasteiger partial charge in [0, 0.05) is 19.3 Å². The zero-order valence-electron chi connectivity index (χ0n) is 13.2. The van der Waals surface area contributed by atoms with Crippen LogP contribution < -0.4 is 16.4 Å². The van der Waals surface area contributed by atoms with Gasteiger partial charge in [0.05, 0.1) is 10.9 Å². The predicted octanol–water partition coefficient (Wildman–Crippen LogP) is 1.85. The SMILES string of the molecule is Cn1c(=O)oc2ccc(NC(=O)[C@@]34CCCC[C@H]3CNC4)cc21. The second-order valence-electron chi connectivity index (χ2n) is 6.79. The van der Waals surface area contributed by atoms with Crippen LogP contribution in [0.3, 0.4) is 0 Å². The summed E-state index contributed by atoms with van der Waals surface area (Å²) in [6, 6.07) is 5.32. The normalized spacial score (nSPS) is 27.1. The van der Waals surface area contributed by atoms with Crippen LogP contribution in [-0.4, -0.2) is 23.6 Å². The molecular weight excluding hydrogens is 294 g/mol. The van der Waals surface area contributed by atoms with Gasteiger partial charge in [-0.1, -0.05) is 12.8 Å². The van der Waals surface area contributed by atoms with Gasteiger partial charge in [0.1, 0.15) is 0 Å². The van der Waals surface area contributed by atoms with Crippen molar-refractivity contribution < 1.29 is 9.21 Å². The molecule has 2 N–H and O–H groups in total. The number of rotatable bonds is 2. The third-order valence-corrected chi connectivity index (χ3v) is 5.54. The van der Waals surface area contributed by atoms with Gasteiger partial charge in [0.25, 0.3) is 0 Å². The van der Waals surface area contributed by atoms with Crippen molar-refractivity contribution in [3.05, 3.63) is 28.7 Å². The maximum absolute atomic E-state index is 13.0. The number of hydrogen-bond donors (Lipinski definition) is 2. The van der Waals surface area contributed by atoms with Crippen LogP contribution in [0.4, 0.5) is 5.69 Å². The van der Waals surface area contributed by atoms with E-state index in [4.69, 9.17) is 4.42 Å². The summed E-state index contributed by atoms with van der Waals surface area (Å²) in [5, 5.41) is 6.46. The molecule has 2 atom stereocenters. The van der Waals surface area contributed by atoms with Gasteiger partial charge in [0.2, 0.25) is 5.91 Å². The Balaban J connectivity index is 1.63. The van der Waals surface area contributed by atoms with Crippen LogP contribution in [-0.2, 0) is 11.8 Å². The largest absolute Gasteiger partial charge is 0.419 e. The molecule has 1 aromatic carbocycles. The number of nitrogens with one attached hydrogen (secondary N) is 2. The Labute approximate surface area is 133 Å². The number of oxazole rings is 1. The highest BCUT2D eigenvalue weighted by Gasteiger charge is 2.49. The van der Waals surface area contributed by atoms with Crippen LogP contribution in [0.5, 0.6) is 0 Å². The third-order valence-electron chi connectivity index (χ3n) is 5.54. The number of aromatic nitrogens is 1. The predicted molar refractivity (Wildman–Crippen MR) is 87.3 cm³/mol. The van der Waals surface area contributed by atoms with Crippen LogP contribution in [0.25, 0.3) is 11.1 Å². The zero-order valence-corrected chi connectivity index (χ0v) is 13.2. The number of nitrogens with zero attached hydrogens (tertiary/aromatic N) is 1. The van der Waals surface area contributed by atoms with Crippen molar-refractivity contribution in [1.82, 2.24) is 9.88 Å². The lowest BCUT2D eigenvalue weighted by atomic mass is 9.67. The quantitative estimate of drug-likeness (QED) is 0.887. The van der Waals surface area contributed by atoms with Gasteiger partial charge in [-0.15, -0.1) is 0 Å². The molecule has 23 heavy (non-hydrogen) atoms. The minimum Gasteiger partial charge on any atom is -0.408 e. The van der Waals surface area contributed by atoms with Crippen molar-refractivity contribution in [2.45, 2.75) is 25.7 Å². The highest BCUT2D eigenvalue weighted by Crippen LogP contribution is 2.44. The molecule has 0 bridgehead atoms. The molecule has 1 aliphatic carbocycles. The summed E-state index contributed by atoms with van der Waals surface area (Å²) in [6.07, 6.45) is 4.39. The molecular formula is C17H21N3O3. The molecule has 1 aliphatic heterocycles. The van der Waals surface area contributed by atoms with E-state index in [9.17, 15) is 9.59 Å². The zero-order chi connectivity index (χ0) is 16.0. The second-order valence-corrected chi connectivity index (χ2v) is 6.79. The molecule has 0 radical (unpaired) electrons. The number of carbonyl (C=O) groups is 1. The maximum atomic E-state index is 13.0. The van der Waals surface area contributed by atoms with E-state index in [-0.39, 0.29) is 11.3 Å². The van der Waals surface area contributed by atoms with Gasteiger partial charge < -0.3 is 15.1 Å². The summed E-state index contributed by atoms with van der Waals surface area (Å²) < 4.78 is 6.58. The maximum Gasteiger partial charge on any atom is 0.419 e. The molecule has 1 aromatic heterocycles. The average molecular weight is 315 g/mol. The van der Waals surface area contributed by atoms with Crippen LogP contribution in [0.2, 0.25) is 0 Å². The van der Waals surface area contributed by atoms with Crippen molar-refractivity contribution in [3.8, 4) is 0 Å². The molecule has 0 spiro atoms. The number of fused-ring (bicyclic) bond motifs is 2. The lowest BCUT2D eigenvalue weighted by molar-refractivity contribution is -0.128. The lowest BCUT2D eigenvalue weighted by Crippen LogP contribution is -2.44. The van der Waals surface area contributed by atoms with Crippen molar-refractivity contribution in [1.29, 1.82) is 0 Å². The van der Waals surface area contributed by atoms with Crippen molar-refractivity contribution in [3.63, 3.8) is 0 Å². The smallest absolute Gasteiger partial charge is 0.408 e. The third kappa shape index (κ3) is 2.20. The molecule has 1 saturated heterocycles. The summed E-state index contributed by atoms with van der Waals surface area (Å²) in [5.74, 6) is 0.132. The van der Waals surface area contributed by atoms with Crippen LogP contribution >= 0.6 is 0 Å². The van der Waals surface area contributed by atoms with Crippen molar-refractivity contribution in [2.24, 2.45) is 18.4 Å². The number of aryl methyl sites for hydroxylation is 1. The Hall–Kier alpha value is -2.08. The first-order chi connectivity index (χ1) is 11.1. The fraction of sp³-hybridized carbons (Fsp3) is 0.529. The molecule has 0 unspecified atom stereocenters. The van der Waals surface area contributed by atoms with E-state index in [1.807, 2.05) is 0 Å². The molecule has 4 rings (SSSR count). The van der Waals surface area contributed by atoms with E-state index in [0.29, 0.717) is 22.7 Å². The van der Waals surface area contributed by atoms with E-state index in [2.05, 4.69) is 10.6 Å². The van der Waals surface area contributed by atoms with Crippen LogP contribution in [0.1, 0.15) is 25.7 Å². The van der Waals surface area contributed by atoms with E-state index in [1.54, 1.807) is 25.2 Å². The van der Waals surface area contributed by atoms with Crippen LogP contribution in [0, 0.1) is 11.3 Å². The highest BCUT2D eigenvalue weighted by molar-refractivity contribution is 5.97. The van der Waals surface area contributed by atoms with Gasteiger partial charge in [-0.3, -0.25) is 9.36 Å². The van der Waals surface area contributed by atoms with Gasteiger partial charge >= 0.3 is 5.76 Å². The van der Waals surface area contributed by atoms with E-state index < -0.39 is 5.76 Å². The summed E-state index contributed by atoms with van der Waals surface area (Å²) in [5.41, 5.74) is 1.65. The van der Waals surface area contributed by atoms with Gasteiger partial charge in [-0.25, -0.2) is 4.79 Å². The Kier molecular flexibility index (Phi) is 3.30. The number of anilines is 1. The number of benzene rings is 1.